The van der Waals surface area contributed by atoms with E-state index in [0.717, 1.165) is 6.61 Å². The summed E-state index contributed by atoms with van der Waals surface area (Å²) in [5.74, 6) is 0. The summed E-state index contributed by atoms with van der Waals surface area (Å²) in [5.41, 5.74) is -5.53. The smallest absolute Gasteiger partial charge is 1.00 e. The zero-order chi connectivity index (χ0) is 9.99. The fourth-order valence-corrected chi connectivity index (χ4v) is 0.0962. The van der Waals surface area contributed by atoms with Gasteiger partial charge in [-0.25, -0.2) is 0 Å². The fraction of sp³-hybridized carbons (Fsp3) is 1.00. The molecule has 1 atom stereocenters. The van der Waals surface area contributed by atoms with Crippen molar-refractivity contribution in [1.29, 1.82) is 0 Å². The average molecular weight is 232 g/mol. The molecule has 0 aromatic heterocycles. The van der Waals surface area contributed by atoms with E-state index in [2.05, 4.69) is 6.92 Å². The third-order valence-corrected chi connectivity index (χ3v) is 1.38. The first kappa shape index (κ1) is 16.1. The van der Waals surface area contributed by atoms with E-state index >= 15 is 0 Å². The number of epoxide rings is 1. The molecule has 0 saturated carbocycles. The van der Waals surface area contributed by atoms with Crippen molar-refractivity contribution in [2.24, 2.45) is 0 Å². The molecule has 1 fully saturated rings. The van der Waals surface area contributed by atoms with Crippen molar-refractivity contribution in [1.82, 2.24) is 0 Å². The Morgan fingerprint density at radius 2 is 1.69 bits per heavy atom. The minimum absolute atomic E-state index is 0. The SMILES string of the molecule is CC1CO1.O=S(=O)(O)C(F)(F)F.[H-].[Na+]. The summed E-state index contributed by atoms with van der Waals surface area (Å²) in [4.78, 5) is 0. The predicted molar refractivity (Wildman–Crippen MR) is 34.1 cm³/mol. The Balaban J connectivity index is -0.000000172. The van der Waals surface area contributed by atoms with Gasteiger partial charge in [-0.3, -0.25) is 4.55 Å². The van der Waals surface area contributed by atoms with Gasteiger partial charge in [0.15, 0.2) is 0 Å². The van der Waals surface area contributed by atoms with Gasteiger partial charge in [-0.15, -0.1) is 0 Å². The van der Waals surface area contributed by atoms with Gasteiger partial charge in [0.05, 0.1) is 12.7 Å². The monoisotopic (exact) mass is 232 g/mol. The van der Waals surface area contributed by atoms with Crippen LogP contribution in [0.2, 0.25) is 0 Å². The molecule has 1 rings (SSSR count). The van der Waals surface area contributed by atoms with Crippen LogP contribution in [0.3, 0.4) is 0 Å². The van der Waals surface area contributed by atoms with E-state index in [9.17, 15) is 13.2 Å². The number of rotatable bonds is 0. The summed E-state index contributed by atoms with van der Waals surface area (Å²) < 4.78 is 62.2. The topological polar surface area (TPSA) is 66.9 Å². The molecule has 1 heterocycles. The largest absolute Gasteiger partial charge is 1.00 e. The van der Waals surface area contributed by atoms with Crippen LogP contribution in [0, 0.1) is 0 Å². The van der Waals surface area contributed by atoms with Gasteiger partial charge in [0.2, 0.25) is 0 Å². The Labute approximate surface area is 97.0 Å². The van der Waals surface area contributed by atoms with Gasteiger partial charge in [0.1, 0.15) is 0 Å². The van der Waals surface area contributed by atoms with Crippen LogP contribution in [0.15, 0.2) is 0 Å². The zero-order valence-corrected chi connectivity index (χ0v) is 9.82. The first-order chi connectivity index (χ1) is 5.14. The van der Waals surface area contributed by atoms with Crippen molar-refractivity contribution in [2.75, 3.05) is 6.61 Å². The van der Waals surface area contributed by atoms with E-state index < -0.39 is 15.6 Å². The molecule has 4 nitrogen and oxygen atoms in total. The van der Waals surface area contributed by atoms with Gasteiger partial charge in [-0.1, -0.05) is 0 Å². The third-order valence-electron chi connectivity index (χ3n) is 0.792. The van der Waals surface area contributed by atoms with Gasteiger partial charge >= 0.3 is 45.2 Å². The summed E-state index contributed by atoms with van der Waals surface area (Å²) in [6, 6.07) is 0. The van der Waals surface area contributed by atoms with Crippen molar-refractivity contribution < 1.29 is 61.9 Å². The summed E-state index contributed by atoms with van der Waals surface area (Å²) in [5, 5.41) is 0. The van der Waals surface area contributed by atoms with E-state index in [1.165, 1.54) is 0 Å². The molecule has 76 valence electrons. The number of alkyl halides is 3. The number of ether oxygens (including phenoxy) is 1. The van der Waals surface area contributed by atoms with Crippen molar-refractivity contribution in [3.05, 3.63) is 0 Å². The van der Waals surface area contributed by atoms with E-state index in [1.54, 1.807) is 0 Å². The quantitative estimate of drug-likeness (QED) is 0.225. The number of hydrogen-bond acceptors (Lipinski definition) is 3. The minimum Gasteiger partial charge on any atom is -1.00 e. The van der Waals surface area contributed by atoms with E-state index in [0.29, 0.717) is 6.10 Å². The molecule has 1 aliphatic rings. The van der Waals surface area contributed by atoms with Crippen molar-refractivity contribution in [2.45, 2.75) is 18.5 Å². The van der Waals surface area contributed by atoms with Crippen LogP contribution >= 0.6 is 0 Å². The molecule has 1 N–H and O–H groups in total. The Hall–Kier alpha value is 0.660. The predicted octanol–water partition coefficient (Wildman–Crippen LogP) is -2.08. The molecule has 0 radical (unpaired) electrons. The Bertz CT molecular complexity index is 237. The van der Waals surface area contributed by atoms with Gasteiger partial charge in [0, 0.05) is 0 Å². The maximum absolute atomic E-state index is 10.7. The first-order valence-electron chi connectivity index (χ1n) is 2.80. The van der Waals surface area contributed by atoms with Crippen LogP contribution in [-0.2, 0) is 14.9 Å². The molecule has 0 amide bonds. The van der Waals surface area contributed by atoms with E-state index in [-0.39, 0.29) is 31.0 Å². The Kier molecular flexibility index (Phi) is 6.84. The standard InChI is InChI=1S/C3H6O.CHF3O3S.Na.H/c1-3-2-4-3;2-1(3,4)8(5,6)7;;/h3H,2H2,1H3;(H,5,6,7);;/q;;+1;-1. The zero-order valence-electron chi connectivity index (χ0n) is 8.00. The first-order valence-corrected chi connectivity index (χ1v) is 4.24. The van der Waals surface area contributed by atoms with Crippen molar-refractivity contribution >= 4 is 10.1 Å². The molecular formula is C4H8F3NaO4S. The summed E-state index contributed by atoms with van der Waals surface area (Å²) in [7, 11) is -5.84. The normalized spacial score (nSPS) is 20.8. The van der Waals surface area contributed by atoms with E-state index in [1.807, 2.05) is 0 Å². The average Bonchev–Trinajstić information content (AvgIpc) is 2.46. The minimum atomic E-state index is -5.84. The molecule has 9 heteroatoms. The fourth-order valence-electron chi connectivity index (χ4n) is 0.0962. The molecule has 0 aliphatic carbocycles. The number of hydrogen-bond donors (Lipinski definition) is 1. The molecule has 1 unspecified atom stereocenters. The van der Waals surface area contributed by atoms with Crippen LogP contribution < -0.4 is 29.6 Å². The Morgan fingerprint density at radius 1 is 1.54 bits per heavy atom. The molecule has 1 saturated heterocycles. The van der Waals surface area contributed by atoms with Crippen LogP contribution in [0.4, 0.5) is 13.2 Å². The van der Waals surface area contributed by atoms with E-state index in [4.69, 9.17) is 17.7 Å². The molecule has 1 aliphatic heterocycles. The van der Waals surface area contributed by atoms with Gasteiger partial charge < -0.3 is 6.16 Å². The van der Waals surface area contributed by atoms with Gasteiger partial charge in [0.25, 0.3) is 0 Å². The van der Waals surface area contributed by atoms with Crippen LogP contribution in [-0.4, -0.2) is 31.2 Å². The maximum Gasteiger partial charge on any atom is 1.00 e. The molecule has 0 bridgehead atoms. The second kappa shape index (κ2) is 5.52. The van der Waals surface area contributed by atoms with Gasteiger partial charge in [-0.05, 0) is 6.92 Å². The summed E-state index contributed by atoms with van der Waals surface area (Å²) >= 11 is 0. The second-order valence-corrected chi connectivity index (χ2v) is 3.48. The van der Waals surface area contributed by atoms with Crippen LogP contribution in [0.25, 0.3) is 0 Å². The Morgan fingerprint density at radius 3 is 1.69 bits per heavy atom. The van der Waals surface area contributed by atoms with Gasteiger partial charge in [-0.2, -0.15) is 21.6 Å². The molecule has 13 heavy (non-hydrogen) atoms. The van der Waals surface area contributed by atoms with Crippen molar-refractivity contribution in [3.63, 3.8) is 0 Å². The number of halogens is 3. The summed E-state index contributed by atoms with van der Waals surface area (Å²) in [6.45, 7) is 3.04. The van der Waals surface area contributed by atoms with Crippen LogP contribution in [0.5, 0.6) is 0 Å². The molecule has 0 aromatic rings. The summed E-state index contributed by atoms with van der Waals surface area (Å²) in [6.07, 6.45) is 0.583. The van der Waals surface area contributed by atoms with Crippen LogP contribution in [0.1, 0.15) is 8.35 Å². The molecular weight excluding hydrogens is 224 g/mol. The van der Waals surface area contributed by atoms with Crippen molar-refractivity contribution in [3.8, 4) is 0 Å². The second-order valence-electron chi connectivity index (χ2n) is 2.06. The molecule has 0 aromatic carbocycles. The maximum atomic E-state index is 10.7. The molecule has 0 spiro atoms. The third kappa shape index (κ3) is 8.98.